The number of nitrogens with zero attached hydrogens (tertiary/aromatic N) is 8. The first-order chi connectivity index (χ1) is 29.1. The largest absolute Gasteiger partial charge is 0.489 e. The first kappa shape index (κ1) is 40.9. The number of carbonyl (C=O) groups is 3. The van der Waals surface area contributed by atoms with Gasteiger partial charge in [-0.1, -0.05) is 72.8 Å². The lowest BCUT2D eigenvalue weighted by Gasteiger charge is -2.55. The molecule has 4 saturated heterocycles. The highest BCUT2D eigenvalue weighted by Crippen LogP contribution is 2.32. The highest BCUT2D eigenvalue weighted by Gasteiger charge is 2.51. The summed E-state index contributed by atoms with van der Waals surface area (Å²) in [5.74, 6) is -1.31. The van der Waals surface area contributed by atoms with Crippen molar-refractivity contribution >= 4 is 23.7 Å². The van der Waals surface area contributed by atoms with E-state index in [-0.39, 0.29) is 63.0 Å². The van der Waals surface area contributed by atoms with Gasteiger partial charge in [-0.05, 0) is 41.9 Å². The Balaban J connectivity index is 1.06. The summed E-state index contributed by atoms with van der Waals surface area (Å²) in [6.07, 6.45) is 0.488. The van der Waals surface area contributed by atoms with Crippen LogP contribution in [0.1, 0.15) is 22.4 Å². The molecule has 60 heavy (non-hydrogen) atoms. The zero-order chi connectivity index (χ0) is 41.8. The van der Waals surface area contributed by atoms with E-state index in [1.807, 2.05) is 65.6 Å². The molecule has 0 unspecified atom stereocenters. The molecule has 2 atom stereocenters. The lowest BCUT2D eigenvalue weighted by atomic mass is 9.98. The fourth-order valence-electron chi connectivity index (χ4n) is 8.45. The summed E-state index contributed by atoms with van der Waals surface area (Å²) in [6, 6.07) is 25.1. The van der Waals surface area contributed by atoms with Crippen molar-refractivity contribution < 1.29 is 27.9 Å². The number of hydrazine groups is 1. The average molecular weight is 820 g/mol. The molecule has 13 nitrogen and oxygen atoms in total. The van der Waals surface area contributed by atoms with Crippen LogP contribution in [0.3, 0.4) is 0 Å². The second-order valence-corrected chi connectivity index (χ2v) is 15.9. The Morgan fingerprint density at radius 2 is 1.62 bits per heavy atom. The Kier molecular flexibility index (Phi) is 12.4. The fraction of sp³-hybridized carbons (Fsp3) is 0.378. The number of fused-ring (bicyclic) bond motifs is 1. The summed E-state index contributed by atoms with van der Waals surface area (Å²) in [4.78, 5) is 57.3. The van der Waals surface area contributed by atoms with Crippen molar-refractivity contribution in [1.82, 2.24) is 39.9 Å². The number of nitrogens with one attached hydrogen (secondary N) is 1. The van der Waals surface area contributed by atoms with E-state index in [2.05, 4.69) is 28.7 Å². The second kappa shape index (κ2) is 18.2. The van der Waals surface area contributed by atoms with Crippen molar-refractivity contribution in [2.75, 3.05) is 70.9 Å². The number of ether oxygens (including phenoxy) is 1. The third kappa shape index (κ3) is 8.98. The number of likely N-dealkylation sites (N-methyl/N-ethyl adjacent to an activating group) is 1. The third-order valence-corrected chi connectivity index (χ3v) is 11.8. The van der Waals surface area contributed by atoms with Gasteiger partial charge in [0.15, 0.2) is 11.6 Å². The number of amides is 4. The molecule has 314 valence electrons. The normalized spacial score (nSPS) is 20.5. The van der Waals surface area contributed by atoms with Gasteiger partial charge in [-0.3, -0.25) is 14.5 Å². The Bertz CT molecular complexity index is 2170. The highest BCUT2D eigenvalue weighted by molar-refractivity contribution is 5.91. The van der Waals surface area contributed by atoms with Gasteiger partial charge >= 0.3 is 6.03 Å². The van der Waals surface area contributed by atoms with Gasteiger partial charge in [-0.2, -0.15) is 0 Å². The second-order valence-electron chi connectivity index (χ2n) is 15.9. The van der Waals surface area contributed by atoms with Crippen LogP contribution in [0.25, 0.3) is 0 Å². The molecule has 15 heteroatoms. The van der Waals surface area contributed by atoms with Crippen LogP contribution in [0, 0.1) is 11.6 Å². The quantitative estimate of drug-likeness (QED) is 0.200. The number of benzene rings is 3. The third-order valence-electron chi connectivity index (χ3n) is 11.8. The van der Waals surface area contributed by atoms with Gasteiger partial charge in [0.05, 0.1) is 25.3 Å². The van der Waals surface area contributed by atoms with Crippen LogP contribution in [0.15, 0.2) is 104 Å². The number of halogens is 2. The SMILES string of the molecule is C=CCN1CC(=O)N2[C@@H](Cc3ccc(OCc4ccccc4)cc3F)C(=O)N(Cc3ccc(F)c(N4CC(N5CCN(C)CC5)C4)n3)C[C@@H]2N1C(=O)NCc1ccccc1. The number of aromatic nitrogens is 1. The molecule has 0 aliphatic carbocycles. The predicted octanol–water partition coefficient (Wildman–Crippen LogP) is 4.11. The first-order valence-corrected chi connectivity index (χ1v) is 20.5. The molecule has 0 radical (unpaired) electrons. The Labute approximate surface area is 349 Å². The van der Waals surface area contributed by atoms with Crippen LogP contribution >= 0.6 is 0 Å². The molecule has 1 aromatic heterocycles. The maximum Gasteiger partial charge on any atom is 0.334 e. The predicted molar refractivity (Wildman–Crippen MR) is 222 cm³/mol. The van der Waals surface area contributed by atoms with E-state index >= 15 is 8.78 Å². The standard InChI is InChI=1S/C45H51F2N9O4/c1-3-18-54-30-42(57)55-40(23-34-14-16-37(24-39(34)47)60-31-33-12-8-5-9-13-33)44(58)53(29-41(55)56(54)45(59)48-25-32-10-6-4-7-11-32)26-35-15-17-38(46)43(49-35)52-27-36(28-52)51-21-19-50(2)20-22-51/h3-17,24,36,40-41H,1,18-23,25-31H2,2H3,(H,48,59)/t40-,41-/m0/s1. The number of urea groups is 1. The number of anilines is 1. The summed E-state index contributed by atoms with van der Waals surface area (Å²) < 4.78 is 37.2. The molecule has 1 N–H and O–H groups in total. The highest BCUT2D eigenvalue weighted by atomic mass is 19.1. The van der Waals surface area contributed by atoms with Crippen LogP contribution < -0.4 is 15.0 Å². The summed E-state index contributed by atoms with van der Waals surface area (Å²) in [5, 5.41) is 6.06. The van der Waals surface area contributed by atoms with Gasteiger partial charge in [0, 0.05) is 70.9 Å². The molecule has 8 rings (SSSR count). The van der Waals surface area contributed by atoms with Crippen molar-refractivity contribution in [3.8, 4) is 5.75 Å². The van der Waals surface area contributed by atoms with Crippen molar-refractivity contribution in [3.63, 3.8) is 0 Å². The monoisotopic (exact) mass is 819 g/mol. The molecule has 4 aliphatic heterocycles. The summed E-state index contributed by atoms with van der Waals surface area (Å²) in [7, 11) is 2.11. The smallest absolute Gasteiger partial charge is 0.334 e. The molecule has 0 bridgehead atoms. The Morgan fingerprint density at radius 1 is 0.900 bits per heavy atom. The molecule has 0 spiro atoms. The van der Waals surface area contributed by atoms with Crippen molar-refractivity contribution in [3.05, 3.63) is 138 Å². The molecule has 4 aromatic rings. The van der Waals surface area contributed by atoms with Crippen LogP contribution in [0.2, 0.25) is 0 Å². The topological polar surface area (TPSA) is 108 Å². The van der Waals surface area contributed by atoms with Gasteiger partial charge in [-0.25, -0.2) is 28.6 Å². The van der Waals surface area contributed by atoms with Gasteiger partial charge in [-0.15, -0.1) is 6.58 Å². The van der Waals surface area contributed by atoms with E-state index in [0.29, 0.717) is 30.6 Å². The lowest BCUT2D eigenvalue weighted by molar-refractivity contribution is -0.189. The number of hydrogen-bond acceptors (Lipinski definition) is 9. The van der Waals surface area contributed by atoms with E-state index in [0.717, 1.165) is 37.3 Å². The molecule has 5 heterocycles. The maximum atomic E-state index is 16.0. The molecule has 0 saturated carbocycles. The van der Waals surface area contributed by atoms with Crippen molar-refractivity contribution in [2.45, 2.75) is 44.4 Å². The van der Waals surface area contributed by atoms with Crippen LogP contribution in [0.5, 0.6) is 5.75 Å². The van der Waals surface area contributed by atoms with Gasteiger partial charge in [0.2, 0.25) is 11.8 Å². The van der Waals surface area contributed by atoms with E-state index < -0.39 is 35.8 Å². The zero-order valence-corrected chi connectivity index (χ0v) is 33.8. The Hall–Kier alpha value is -5.90. The number of carbonyl (C=O) groups excluding carboxylic acids is 3. The minimum atomic E-state index is -1.17. The van der Waals surface area contributed by atoms with Gasteiger partial charge < -0.3 is 29.7 Å². The zero-order valence-electron chi connectivity index (χ0n) is 33.8. The van der Waals surface area contributed by atoms with E-state index in [4.69, 9.17) is 9.72 Å². The molecule has 3 aromatic carbocycles. The maximum absolute atomic E-state index is 16.0. The summed E-state index contributed by atoms with van der Waals surface area (Å²) in [5.41, 5.74) is 2.46. The van der Waals surface area contributed by atoms with Crippen molar-refractivity contribution in [2.24, 2.45) is 0 Å². The molecule has 4 amide bonds. The molecule has 4 fully saturated rings. The minimum absolute atomic E-state index is 0.0213. The molecule has 4 aliphatic rings. The van der Waals surface area contributed by atoms with Crippen LogP contribution in [-0.4, -0.2) is 137 Å². The molecular weight excluding hydrogens is 769 g/mol. The van der Waals surface area contributed by atoms with E-state index in [9.17, 15) is 14.4 Å². The number of pyridine rings is 1. The van der Waals surface area contributed by atoms with Gasteiger partial charge in [0.25, 0.3) is 0 Å². The number of rotatable bonds is 13. The average Bonchev–Trinajstić information content (AvgIpc) is 3.23. The van der Waals surface area contributed by atoms with Crippen LogP contribution in [0.4, 0.5) is 19.4 Å². The van der Waals surface area contributed by atoms with Crippen LogP contribution in [-0.2, 0) is 35.7 Å². The Morgan fingerprint density at radius 3 is 2.32 bits per heavy atom. The van der Waals surface area contributed by atoms with Gasteiger partial charge in [0.1, 0.15) is 30.4 Å². The fourth-order valence-corrected chi connectivity index (χ4v) is 8.45. The first-order valence-electron chi connectivity index (χ1n) is 20.5. The lowest BCUT2D eigenvalue weighted by Crippen LogP contribution is -2.76. The van der Waals surface area contributed by atoms with E-state index in [1.54, 1.807) is 29.3 Å². The number of piperazine rings is 2. The summed E-state index contributed by atoms with van der Waals surface area (Å²) >= 11 is 0. The summed E-state index contributed by atoms with van der Waals surface area (Å²) in [6.45, 7) is 9.43. The molecular formula is C45H51F2N9O4. The van der Waals surface area contributed by atoms with Crippen molar-refractivity contribution in [1.29, 1.82) is 0 Å². The van der Waals surface area contributed by atoms with E-state index in [1.165, 1.54) is 26.9 Å². The number of hydrogen-bond donors (Lipinski definition) is 1. The minimum Gasteiger partial charge on any atom is -0.489 e.